The van der Waals surface area contributed by atoms with Gasteiger partial charge in [0, 0.05) is 11.8 Å². The van der Waals surface area contributed by atoms with Gasteiger partial charge in [0.15, 0.2) is 5.58 Å². The first-order chi connectivity index (χ1) is 13.9. The topological polar surface area (TPSA) is 151 Å². The van der Waals surface area contributed by atoms with Gasteiger partial charge >= 0.3 is 5.76 Å². The number of hydrogen-bond acceptors (Lipinski definition) is 8. The van der Waals surface area contributed by atoms with E-state index in [4.69, 9.17) is 4.42 Å². The quantitative estimate of drug-likeness (QED) is 0.393. The molecule has 0 saturated carbocycles. The third-order valence-corrected chi connectivity index (χ3v) is 4.25. The molecule has 1 N–H and O–H groups in total. The molecule has 146 valence electrons. The molecule has 4 aromatic rings. The van der Waals surface area contributed by atoms with Crippen molar-refractivity contribution in [2.24, 2.45) is 0 Å². The van der Waals surface area contributed by atoms with E-state index >= 15 is 0 Å². The average molecular weight is 395 g/mol. The molecule has 2 aromatic heterocycles. The first-order valence-electron chi connectivity index (χ1n) is 8.34. The number of nitrogens with zero attached hydrogens (tertiary/aromatic N) is 6. The summed E-state index contributed by atoms with van der Waals surface area (Å²) in [6, 6.07) is 8.95. The summed E-state index contributed by atoms with van der Waals surface area (Å²) in [7, 11) is 0. The van der Waals surface area contributed by atoms with Gasteiger partial charge in [0.1, 0.15) is 12.9 Å². The standard InChI is InChI=1S/C17H13N7O5/c1-10-2-3-11(6-14(10)23-9-18-20-21-23)19-16(25)8-22-13-5-4-12(24(27)28)7-15(13)29-17(22)26/h2-7,9H,8H2,1H3,(H,19,25). The number of carbonyl (C=O) groups excluding carboxylic acids is 1. The number of benzene rings is 2. The molecule has 0 atom stereocenters. The molecule has 12 nitrogen and oxygen atoms in total. The highest BCUT2D eigenvalue weighted by Gasteiger charge is 2.16. The smallest absolute Gasteiger partial charge is 0.407 e. The normalized spacial score (nSPS) is 10.9. The SMILES string of the molecule is Cc1ccc(NC(=O)Cn2c(=O)oc3cc([N+](=O)[O-])ccc32)cc1-n1cnnn1. The number of nitro groups is 1. The van der Waals surface area contributed by atoms with Gasteiger partial charge in [-0.2, -0.15) is 0 Å². The second-order valence-electron chi connectivity index (χ2n) is 6.17. The maximum absolute atomic E-state index is 12.5. The van der Waals surface area contributed by atoms with E-state index < -0.39 is 16.6 Å². The van der Waals surface area contributed by atoms with Crippen molar-refractivity contribution < 1.29 is 14.1 Å². The van der Waals surface area contributed by atoms with Crippen LogP contribution in [0.1, 0.15) is 5.56 Å². The van der Waals surface area contributed by atoms with Crippen molar-refractivity contribution in [3.63, 3.8) is 0 Å². The molecule has 2 aromatic carbocycles. The third-order valence-electron chi connectivity index (χ3n) is 4.25. The molecule has 0 fully saturated rings. The van der Waals surface area contributed by atoms with Gasteiger partial charge in [0.2, 0.25) is 5.91 Å². The molecular formula is C17H13N7O5. The number of anilines is 1. The molecule has 0 aliphatic rings. The summed E-state index contributed by atoms with van der Waals surface area (Å²) < 4.78 is 7.59. The molecule has 0 saturated heterocycles. The van der Waals surface area contributed by atoms with Crippen molar-refractivity contribution in [2.75, 3.05) is 5.32 Å². The molecule has 0 spiro atoms. The molecular weight excluding hydrogens is 382 g/mol. The molecule has 0 unspecified atom stereocenters. The lowest BCUT2D eigenvalue weighted by Crippen LogP contribution is -2.24. The fourth-order valence-electron chi connectivity index (χ4n) is 2.87. The first-order valence-corrected chi connectivity index (χ1v) is 8.34. The van der Waals surface area contributed by atoms with Crippen LogP contribution in [0.3, 0.4) is 0 Å². The highest BCUT2D eigenvalue weighted by Crippen LogP contribution is 2.21. The minimum atomic E-state index is -0.783. The van der Waals surface area contributed by atoms with E-state index in [1.807, 2.05) is 6.92 Å². The van der Waals surface area contributed by atoms with Gasteiger partial charge in [-0.25, -0.2) is 9.48 Å². The number of fused-ring (bicyclic) bond motifs is 1. The second-order valence-corrected chi connectivity index (χ2v) is 6.17. The van der Waals surface area contributed by atoms with Crippen molar-refractivity contribution in [1.29, 1.82) is 0 Å². The zero-order chi connectivity index (χ0) is 20.5. The Morgan fingerprint density at radius 1 is 1.28 bits per heavy atom. The number of aryl methyl sites for hydroxylation is 1. The van der Waals surface area contributed by atoms with Gasteiger partial charge in [-0.3, -0.25) is 19.5 Å². The van der Waals surface area contributed by atoms with Crippen molar-refractivity contribution in [3.8, 4) is 5.69 Å². The first kappa shape index (κ1) is 18.0. The molecule has 29 heavy (non-hydrogen) atoms. The van der Waals surface area contributed by atoms with Crippen LogP contribution in [0, 0.1) is 17.0 Å². The zero-order valence-electron chi connectivity index (χ0n) is 15.0. The fraction of sp³-hybridized carbons (Fsp3) is 0.118. The number of nitrogens with one attached hydrogen (secondary N) is 1. The Balaban J connectivity index is 1.58. The van der Waals surface area contributed by atoms with E-state index in [2.05, 4.69) is 20.8 Å². The Morgan fingerprint density at radius 3 is 2.83 bits per heavy atom. The summed E-state index contributed by atoms with van der Waals surface area (Å²) in [5.74, 6) is -1.26. The number of hydrogen-bond donors (Lipinski definition) is 1. The van der Waals surface area contributed by atoms with Crippen LogP contribution < -0.4 is 11.1 Å². The number of amides is 1. The minimum Gasteiger partial charge on any atom is -0.407 e. The van der Waals surface area contributed by atoms with Gasteiger partial charge in [0.25, 0.3) is 5.69 Å². The maximum atomic E-state index is 12.5. The second kappa shape index (κ2) is 6.99. The Kier molecular flexibility index (Phi) is 4.35. The molecule has 0 bridgehead atoms. The van der Waals surface area contributed by atoms with Crippen molar-refractivity contribution in [3.05, 3.63) is 69.0 Å². The lowest BCUT2D eigenvalue weighted by atomic mass is 10.2. The van der Waals surface area contributed by atoms with E-state index in [0.717, 1.165) is 16.2 Å². The Labute approximate surface area is 161 Å². The van der Waals surface area contributed by atoms with Gasteiger partial charge in [-0.1, -0.05) is 6.07 Å². The summed E-state index contributed by atoms with van der Waals surface area (Å²) in [6.07, 6.45) is 1.43. The lowest BCUT2D eigenvalue weighted by Gasteiger charge is -2.09. The molecule has 4 rings (SSSR count). The van der Waals surface area contributed by atoms with Gasteiger partial charge in [0.05, 0.1) is 22.2 Å². The number of carbonyl (C=O) groups is 1. The maximum Gasteiger partial charge on any atom is 0.420 e. The molecule has 12 heteroatoms. The predicted molar refractivity (Wildman–Crippen MR) is 99.6 cm³/mol. The van der Waals surface area contributed by atoms with E-state index in [0.29, 0.717) is 11.4 Å². The van der Waals surface area contributed by atoms with Crippen LogP contribution in [0.2, 0.25) is 0 Å². The van der Waals surface area contributed by atoms with Crippen molar-refractivity contribution >= 4 is 28.4 Å². The van der Waals surface area contributed by atoms with Crippen LogP contribution in [0.5, 0.6) is 0 Å². The lowest BCUT2D eigenvalue weighted by molar-refractivity contribution is -0.384. The predicted octanol–water partition coefficient (Wildman–Crippen LogP) is 1.43. The van der Waals surface area contributed by atoms with Gasteiger partial charge in [-0.15, -0.1) is 5.10 Å². The number of nitro benzene ring substituents is 1. The summed E-state index contributed by atoms with van der Waals surface area (Å²) in [6.45, 7) is 1.55. The summed E-state index contributed by atoms with van der Waals surface area (Å²) >= 11 is 0. The van der Waals surface area contributed by atoms with E-state index in [9.17, 15) is 19.7 Å². The monoisotopic (exact) mass is 395 g/mol. The van der Waals surface area contributed by atoms with Gasteiger partial charge in [-0.05, 0) is 41.1 Å². The number of oxazole rings is 1. The zero-order valence-corrected chi connectivity index (χ0v) is 15.0. The summed E-state index contributed by atoms with van der Waals surface area (Å²) in [5.41, 5.74) is 2.18. The number of non-ortho nitro benzene ring substituents is 1. The van der Waals surface area contributed by atoms with Gasteiger partial charge < -0.3 is 9.73 Å². The highest BCUT2D eigenvalue weighted by atomic mass is 16.6. The summed E-state index contributed by atoms with van der Waals surface area (Å²) in [4.78, 5) is 34.8. The third kappa shape index (κ3) is 3.45. The van der Waals surface area contributed by atoms with Crippen LogP contribution in [0.4, 0.5) is 11.4 Å². The minimum absolute atomic E-state index is 0.0355. The summed E-state index contributed by atoms with van der Waals surface area (Å²) in [5, 5.41) is 24.6. The average Bonchev–Trinajstić information content (AvgIpc) is 3.31. The van der Waals surface area contributed by atoms with Crippen LogP contribution >= 0.6 is 0 Å². The van der Waals surface area contributed by atoms with E-state index in [-0.39, 0.29) is 23.3 Å². The Bertz CT molecular complexity index is 1290. The highest BCUT2D eigenvalue weighted by molar-refractivity contribution is 5.92. The number of tetrazole rings is 1. The van der Waals surface area contributed by atoms with Crippen LogP contribution in [0.15, 0.2) is 51.9 Å². The number of aromatic nitrogens is 5. The van der Waals surface area contributed by atoms with Crippen molar-refractivity contribution in [2.45, 2.75) is 13.5 Å². The number of rotatable bonds is 5. The van der Waals surface area contributed by atoms with E-state index in [1.54, 1.807) is 18.2 Å². The van der Waals surface area contributed by atoms with Crippen LogP contribution in [-0.4, -0.2) is 35.6 Å². The fourth-order valence-corrected chi connectivity index (χ4v) is 2.87. The molecule has 0 aliphatic carbocycles. The Hall–Kier alpha value is -4.35. The molecule has 2 heterocycles. The van der Waals surface area contributed by atoms with Crippen LogP contribution in [0.25, 0.3) is 16.8 Å². The Morgan fingerprint density at radius 2 is 2.10 bits per heavy atom. The largest absolute Gasteiger partial charge is 0.420 e. The molecule has 0 radical (unpaired) electrons. The molecule has 1 amide bonds. The van der Waals surface area contributed by atoms with E-state index in [1.165, 1.54) is 23.1 Å². The van der Waals surface area contributed by atoms with Crippen molar-refractivity contribution in [1.82, 2.24) is 24.8 Å². The molecule has 0 aliphatic heterocycles. The van der Waals surface area contributed by atoms with Crippen LogP contribution in [-0.2, 0) is 11.3 Å².